The van der Waals surface area contributed by atoms with Gasteiger partial charge >= 0.3 is 0 Å². The fourth-order valence-corrected chi connectivity index (χ4v) is 1.70. The lowest BCUT2D eigenvalue weighted by Gasteiger charge is -1.88. The van der Waals surface area contributed by atoms with Crippen LogP contribution in [0, 0.1) is 5.82 Å². The molecule has 2 heterocycles. The van der Waals surface area contributed by atoms with Crippen LogP contribution in [0.2, 0.25) is 0 Å². The van der Waals surface area contributed by atoms with Crippen LogP contribution in [0.5, 0.6) is 0 Å². The topological polar surface area (TPSA) is 32.9 Å². The summed E-state index contributed by atoms with van der Waals surface area (Å²) in [5, 5.41) is 1.74. The number of thiophene rings is 1. The van der Waals surface area contributed by atoms with E-state index in [0.29, 0.717) is 10.2 Å². The lowest BCUT2D eigenvalue weighted by atomic mass is 10.4. The Bertz CT molecular complexity index is 445. The molecule has 0 amide bonds. The van der Waals surface area contributed by atoms with Crippen molar-refractivity contribution < 1.29 is 4.39 Å². The number of hydrogen-bond donors (Lipinski definition) is 1. The lowest BCUT2D eigenvalue weighted by molar-refractivity contribution is 0.639. The highest BCUT2D eigenvalue weighted by Crippen LogP contribution is 2.19. The predicted molar refractivity (Wildman–Crippen MR) is 42.4 cm³/mol. The summed E-state index contributed by atoms with van der Waals surface area (Å²) in [7, 11) is 0. The summed E-state index contributed by atoms with van der Waals surface area (Å²) < 4.78 is 13.4. The molecular formula is C7H4FNOS. The zero-order valence-electron chi connectivity index (χ0n) is 5.43. The Morgan fingerprint density at radius 2 is 2.36 bits per heavy atom. The number of pyridine rings is 1. The number of rotatable bonds is 0. The first-order valence-electron chi connectivity index (χ1n) is 3.03. The van der Waals surface area contributed by atoms with E-state index in [4.69, 9.17) is 0 Å². The third-order valence-corrected chi connectivity index (χ3v) is 2.32. The monoisotopic (exact) mass is 169 g/mol. The second-order valence-electron chi connectivity index (χ2n) is 2.14. The molecule has 0 fully saturated rings. The summed E-state index contributed by atoms with van der Waals surface area (Å²) in [6, 6.07) is 2.64. The molecule has 56 valence electrons. The van der Waals surface area contributed by atoms with Gasteiger partial charge in [0.25, 0.3) is 5.56 Å². The average molecular weight is 169 g/mol. The van der Waals surface area contributed by atoms with E-state index in [1.807, 2.05) is 0 Å². The maximum Gasteiger partial charge on any atom is 0.251 e. The van der Waals surface area contributed by atoms with Crippen molar-refractivity contribution >= 4 is 21.6 Å². The molecule has 0 saturated heterocycles. The van der Waals surface area contributed by atoms with Crippen LogP contribution >= 0.6 is 11.3 Å². The van der Waals surface area contributed by atoms with Crippen molar-refractivity contribution in [1.82, 2.24) is 4.98 Å². The minimum Gasteiger partial charge on any atom is -0.321 e. The zero-order chi connectivity index (χ0) is 7.84. The quantitative estimate of drug-likeness (QED) is 0.640. The molecule has 0 spiro atoms. The minimum absolute atomic E-state index is 0.395. The van der Waals surface area contributed by atoms with E-state index in [9.17, 15) is 9.18 Å². The van der Waals surface area contributed by atoms with E-state index in [1.165, 1.54) is 11.3 Å². The molecule has 0 aliphatic heterocycles. The Kier molecular flexibility index (Phi) is 1.29. The van der Waals surface area contributed by atoms with E-state index in [2.05, 4.69) is 4.98 Å². The van der Waals surface area contributed by atoms with Crippen LogP contribution in [0.25, 0.3) is 10.2 Å². The van der Waals surface area contributed by atoms with Gasteiger partial charge in [-0.25, -0.2) is 4.39 Å². The van der Waals surface area contributed by atoms with Gasteiger partial charge in [0.05, 0.1) is 10.2 Å². The Balaban J connectivity index is 3.02. The van der Waals surface area contributed by atoms with Gasteiger partial charge in [-0.05, 0) is 11.4 Å². The summed E-state index contributed by atoms with van der Waals surface area (Å²) in [4.78, 5) is 13.2. The largest absolute Gasteiger partial charge is 0.321 e. The van der Waals surface area contributed by atoms with Crippen molar-refractivity contribution in [3.05, 3.63) is 33.7 Å². The normalized spacial score (nSPS) is 10.6. The third kappa shape index (κ3) is 0.952. The molecule has 0 atom stereocenters. The fourth-order valence-electron chi connectivity index (χ4n) is 0.942. The van der Waals surface area contributed by atoms with Gasteiger partial charge in [-0.3, -0.25) is 4.79 Å². The Morgan fingerprint density at radius 1 is 1.55 bits per heavy atom. The Hall–Kier alpha value is -1.16. The van der Waals surface area contributed by atoms with Crippen molar-refractivity contribution in [2.45, 2.75) is 0 Å². The van der Waals surface area contributed by atoms with Crippen LogP contribution in [0.1, 0.15) is 0 Å². The molecule has 0 aliphatic carbocycles. The predicted octanol–water partition coefficient (Wildman–Crippen LogP) is 1.73. The highest BCUT2D eigenvalue weighted by Gasteiger charge is 2.01. The van der Waals surface area contributed by atoms with Gasteiger partial charge in [-0.1, -0.05) is 0 Å². The Labute approximate surface area is 65.3 Å². The third-order valence-electron chi connectivity index (χ3n) is 1.40. The van der Waals surface area contributed by atoms with Crippen molar-refractivity contribution in [1.29, 1.82) is 0 Å². The zero-order valence-corrected chi connectivity index (χ0v) is 6.24. The first-order chi connectivity index (χ1) is 5.27. The van der Waals surface area contributed by atoms with Gasteiger partial charge in [0, 0.05) is 6.07 Å². The molecule has 0 aliphatic rings. The van der Waals surface area contributed by atoms with Gasteiger partial charge in [-0.15, -0.1) is 11.3 Å². The molecule has 0 aromatic carbocycles. The molecule has 0 unspecified atom stereocenters. The average Bonchev–Trinajstić information content (AvgIpc) is 2.34. The van der Waals surface area contributed by atoms with Crippen LogP contribution in [-0.2, 0) is 0 Å². The summed E-state index contributed by atoms with van der Waals surface area (Å²) in [5.41, 5.74) is 0.174. The number of halogens is 1. The van der Waals surface area contributed by atoms with Crippen LogP contribution in [0.4, 0.5) is 4.39 Å². The number of H-pyrrole nitrogens is 1. The summed E-state index contributed by atoms with van der Waals surface area (Å²) in [6.07, 6.45) is 0. The molecule has 0 bridgehead atoms. The number of hydrogen-bond acceptors (Lipinski definition) is 2. The van der Waals surface area contributed by atoms with Crippen LogP contribution in [-0.4, -0.2) is 4.98 Å². The second kappa shape index (κ2) is 2.17. The fraction of sp³-hybridized carbons (Fsp3) is 0. The summed E-state index contributed by atoms with van der Waals surface area (Å²) in [5.74, 6) is -0.446. The van der Waals surface area contributed by atoms with Crippen molar-refractivity contribution in [2.75, 3.05) is 0 Å². The van der Waals surface area contributed by atoms with Gasteiger partial charge in [-0.2, -0.15) is 0 Å². The molecule has 2 rings (SSSR count). The molecule has 2 nitrogen and oxygen atoms in total. The molecule has 4 heteroatoms. The second-order valence-corrected chi connectivity index (χ2v) is 3.06. The van der Waals surface area contributed by atoms with E-state index in [1.54, 1.807) is 11.4 Å². The highest BCUT2D eigenvalue weighted by molar-refractivity contribution is 7.17. The molecule has 1 N–H and O–H groups in total. The standard InChI is InChI=1S/C7H4FNOS/c8-4-3-6(10)9-5-1-2-11-7(4)5/h1-3H,(H,9,10). The van der Waals surface area contributed by atoms with Crippen LogP contribution in [0.15, 0.2) is 22.3 Å². The highest BCUT2D eigenvalue weighted by atomic mass is 32.1. The number of aromatic amines is 1. The van der Waals surface area contributed by atoms with E-state index >= 15 is 0 Å². The van der Waals surface area contributed by atoms with Gasteiger partial charge < -0.3 is 4.98 Å². The lowest BCUT2D eigenvalue weighted by Crippen LogP contribution is -2.03. The molecular weight excluding hydrogens is 165 g/mol. The molecule has 2 aromatic rings. The Morgan fingerprint density at radius 3 is 3.18 bits per heavy atom. The number of fused-ring (bicyclic) bond motifs is 1. The van der Waals surface area contributed by atoms with Crippen LogP contribution in [0.3, 0.4) is 0 Å². The number of nitrogens with one attached hydrogen (secondary N) is 1. The van der Waals surface area contributed by atoms with Crippen molar-refractivity contribution in [3.8, 4) is 0 Å². The molecule has 2 aromatic heterocycles. The van der Waals surface area contributed by atoms with E-state index in [0.717, 1.165) is 6.07 Å². The summed E-state index contributed by atoms with van der Waals surface area (Å²) in [6.45, 7) is 0. The van der Waals surface area contributed by atoms with Crippen LogP contribution < -0.4 is 5.56 Å². The van der Waals surface area contributed by atoms with Gasteiger partial charge in [0.15, 0.2) is 0 Å². The molecule has 0 radical (unpaired) electrons. The van der Waals surface area contributed by atoms with E-state index < -0.39 is 11.4 Å². The first-order valence-corrected chi connectivity index (χ1v) is 3.91. The van der Waals surface area contributed by atoms with Gasteiger partial charge in [0.2, 0.25) is 0 Å². The van der Waals surface area contributed by atoms with Gasteiger partial charge in [0.1, 0.15) is 5.82 Å². The van der Waals surface area contributed by atoms with E-state index in [-0.39, 0.29) is 0 Å². The minimum atomic E-state index is -0.446. The maximum absolute atomic E-state index is 12.9. The van der Waals surface area contributed by atoms with Crippen molar-refractivity contribution in [2.24, 2.45) is 0 Å². The smallest absolute Gasteiger partial charge is 0.251 e. The summed E-state index contributed by atoms with van der Waals surface area (Å²) >= 11 is 1.28. The number of aromatic nitrogens is 1. The van der Waals surface area contributed by atoms with Crippen molar-refractivity contribution in [3.63, 3.8) is 0 Å². The molecule has 0 saturated carbocycles. The maximum atomic E-state index is 12.9. The first kappa shape index (κ1) is 6.54. The molecule has 11 heavy (non-hydrogen) atoms. The SMILES string of the molecule is O=c1cc(F)c2sccc2[nH]1.